The summed E-state index contributed by atoms with van der Waals surface area (Å²) < 4.78 is 15.1. The molecule has 1 aliphatic carbocycles. The molecule has 0 bridgehead atoms. The Kier molecular flexibility index (Phi) is 4.42. The first-order valence-corrected chi connectivity index (χ1v) is 8.57. The van der Waals surface area contributed by atoms with Crippen LogP contribution < -0.4 is 4.90 Å². The Labute approximate surface area is 157 Å². The number of hydrogen-bond donors (Lipinski definition) is 1. The lowest BCUT2D eigenvalue weighted by atomic mass is 9.97. The van der Waals surface area contributed by atoms with Crippen molar-refractivity contribution in [1.29, 1.82) is 0 Å². The van der Waals surface area contributed by atoms with Gasteiger partial charge in [0.15, 0.2) is 5.41 Å². The number of ether oxygens (including phenoxy) is 3. The molecule has 0 unspecified atom stereocenters. The lowest BCUT2D eigenvalue weighted by molar-refractivity contribution is -0.163. The first kappa shape index (κ1) is 19.2. The maximum Gasteiger partial charge on any atom is 0.416 e. The van der Waals surface area contributed by atoms with Crippen LogP contribution >= 0.6 is 0 Å². The number of benzene rings is 1. The fraction of sp³-hybridized carbons (Fsp3) is 0.526. The SMILES string of the molecule is COC(=O)C1(C(=O)OC)[C@@H]2[C@H]1c1ccccc1N(C(=O)OC(C)(C)C)[C@H]2O. The van der Waals surface area contributed by atoms with Crippen molar-refractivity contribution in [3.8, 4) is 0 Å². The second-order valence-corrected chi connectivity index (χ2v) is 7.68. The highest BCUT2D eigenvalue weighted by Crippen LogP contribution is 2.71. The molecule has 1 heterocycles. The minimum Gasteiger partial charge on any atom is -0.468 e. The molecule has 27 heavy (non-hydrogen) atoms. The van der Waals surface area contributed by atoms with E-state index in [1.807, 2.05) is 0 Å². The first-order valence-electron chi connectivity index (χ1n) is 8.57. The molecule has 1 saturated carbocycles. The lowest BCUT2D eigenvalue weighted by Crippen LogP contribution is -2.48. The molecule has 3 rings (SSSR count). The van der Waals surface area contributed by atoms with Gasteiger partial charge >= 0.3 is 18.0 Å². The summed E-state index contributed by atoms with van der Waals surface area (Å²) in [5.74, 6) is -3.14. The number of methoxy groups -OCH3 is 2. The van der Waals surface area contributed by atoms with Crippen molar-refractivity contribution < 1.29 is 33.7 Å². The Morgan fingerprint density at radius 3 is 2.15 bits per heavy atom. The lowest BCUT2D eigenvalue weighted by Gasteiger charge is -2.34. The molecule has 3 atom stereocenters. The fourth-order valence-corrected chi connectivity index (χ4v) is 4.00. The largest absolute Gasteiger partial charge is 0.468 e. The van der Waals surface area contributed by atoms with E-state index in [9.17, 15) is 19.5 Å². The van der Waals surface area contributed by atoms with Crippen LogP contribution in [-0.2, 0) is 23.8 Å². The van der Waals surface area contributed by atoms with Gasteiger partial charge in [-0.15, -0.1) is 0 Å². The van der Waals surface area contributed by atoms with Gasteiger partial charge in [-0.3, -0.25) is 14.5 Å². The van der Waals surface area contributed by atoms with Gasteiger partial charge in [-0.1, -0.05) is 18.2 Å². The Morgan fingerprint density at radius 1 is 1.07 bits per heavy atom. The van der Waals surface area contributed by atoms with E-state index < -0.39 is 47.1 Å². The maximum atomic E-state index is 12.8. The maximum absolute atomic E-state index is 12.8. The molecule has 0 spiro atoms. The molecule has 1 N–H and O–H groups in total. The summed E-state index contributed by atoms with van der Waals surface area (Å²) in [4.78, 5) is 38.9. The van der Waals surface area contributed by atoms with Gasteiger partial charge in [-0.05, 0) is 32.4 Å². The molecular formula is C19H23NO7. The van der Waals surface area contributed by atoms with Gasteiger partial charge in [-0.25, -0.2) is 4.79 Å². The third-order valence-electron chi connectivity index (χ3n) is 5.02. The summed E-state index contributed by atoms with van der Waals surface area (Å²) in [7, 11) is 2.34. The minimum atomic E-state index is -1.70. The Morgan fingerprint density at radius 2 is 1.63 bits per heavy atom. The summed E-state index contributed by atoms with van der Waals surface area (Å²) >= 11 is 0. The number of amides is 1. The van der Waals surface area contributed by atoms with Gasteiger partial charge in [0.25, 0.3) is 0 Å². The number of aliphatic hydroxyl groups is 1. The van der Waals surface area contributed by atoms with Gasteiger partial charge in [-0.2, -0.15) is 0 Å². The number of carbonyl (C=O) groups excluding carboxylic acids is 3. The number of carbonyl (C=O) groups is 3. The monoisotopic (exact) mass is 377 g/mol. The van der Waals surface area contributed by atoms with E-state index in [0.717, 1.165) is 4.90 Å². The number of para-hydroxylation sites is 1. The highest BCUT2D eigenvalue weighted by atomic mass is 16.6. The van der Waals surface area contributed by atoms with Crippen LogP contribution in [0, 0.1) is 11.3 Å². The summed E-state index contributed by atoms with van der Waals surface area (Å²) in [6.07, 6.45) is -2.21. The fourth-order valence-electron chi connectivity index (χ4n) is 4.00. The Balaban J connectivity index is 2.12. The van der Waals surface area contributed by atoms with Crippen LogP contribution in [0.4, 0.5) is 10.5 Å². The van der Waals surface area contributed by atoms with Crippen molar-refractivity contribution >= 4 is 23.7 Å². The van der Waals surface area contributed by atoms with Crippen LogP contribution in [0.3, 0.4) is 0 Å². The van der Waals surface area contributed by atoms with Crippen molar-refractivity contribution in [2.45, 2.75) is 38.5 Å². The first-order chi connectivity index (χ1) is 12.6. The standard InChI is InChI=1S/C19H23NO7/c1-18(2,3)27-17(24)20-11-9-7-6-8-10(11)12-13(14(20)21)19(12,15(22)25-4)16(23)26-5/h6-9,12-14,21H,1-5H3/t12-,13-,14+/m1/s1. The van der Waals surface area contributed by atoms with Crippen molar-refractivity contribution in [3.05, 3.63) is 29.8 Å². The predicted octanol–water partition coefficient (Wildman–Crippen LogP) is 1.81. The van der Waals surface area contributed by atoms with E-state index in [-0.39, 0.29) is 0 Å². The zero-order valence-electron chi connectivity index (χ0n) is 15.9. The van der Waals surface area contributed by atoms with Crippen LogP contribution in [0.25, 0.3) is 0 Å². The van der Waals surface area contributed by atoms with Crippen LogP contribution in [0.5, 0.6) is 0 Å². The number of rotatable bonds is 2. The number of esters is 2. The topological polar surface area (TPSA) is 102 Å². The quantitative estimate of drug-likeness (QED) is 0.476. The van der Waals surface area contributed by atoms with E-state index in [1.54, 1.807) is 45.0 Å². The van der Waals surface area contributed by atoms with Crippen LogP contribution in [-0.4, -0.2) is 49.2 Å². The summed E-state index contributed by atoms with van der Waals surface area (Å²) in [6.45, 7) is 5.13. The molecule has 8 nitrogen and oxygen atoms in total. The molecule has 146 valence electrons. The number of nitrogens with zero attached hydrogens (tertiary/aromatic N) is 1. The molecule has 0 aromatic heterocycles. The highest BCUT2D eigenvalue weighted by Gasteiger charge is 2.81. The van der Waals surface area contributed by atoms with E-state index in [2.05, 4.69) is 0 Å². The smallest absolute Gasteiger partial charge is 0.416 e. The number of aliphatic hydroxyl groups excluding tert-OH is 1. The van der Waals surface area contributed by atoms with Gasteiger partial charge < -0.3 is 19.3 Å². The molecule has 2 aliphatic rings. The van der Waals surface area contributed by atoms with Gasteiger partial charge in [0.2, 0.25) is 0 Å². The normalized spacial score (nSPS) is 25.0. The van der Waals surface area contributed by atoms with Crippen LogP contribution in [0.15, 0.2) is 24.3 Å². The highest BCUT2D eigenvalue weighted by molar-refractivity contribution is 6.08. The third kappa shape index (κ3) is 2.66. The molecule has 0 radical (unpaired) electrons. The van der Waals surface area contributed by atoms with Crippen molar-refractivity contribution in [1.82, 2.24) is 0 Å². The molecule has 8 heteroatoms. The Hall–Kier alpha value is -2.61. The van der Waals surface area contributed by atoms with E-state index in [0.29, 0.717) is 11.3 Å². The minimum absolute atomic E-state index is 0.384. The molecule has 1 aliphatic heterocycles. The number of fused-ring (bicyclic) bond motifs is 3. The van der Waals surface area contributed by atoms with Crippen molar-refractivity contribution in [2.24, 2.45) is 11.3 Å². The van der Waals surface area contributed by atoms with Crippen molar-refractivity contribution in [2.75, 3.05) is 19.1 Å². The molecule has 1 fully saturated rings. The van der Waals surface area contributed by atoms with Crippen LogP contribution in [0.1, 0.15) is 32.3 Å². The third-order valence-corrected chi connectivity index (χ3v) is 5.02. The second kappa shape index (κ2) is 6.23. The average molecular weight is 377 g/mol. The summed E-state index contributed by atoms with van der Waals surface area (Å²) in [5, 5.41) is 10.9. The van der Waals surface area contributed by atoms with Gasteiger partial charge in [0, 0.05) is 11.8 Å². The molecular weight excluding hydrogens is 354 g/mol. The number of hydrogen-bond acceptors (Lipinski definition) is 7. The van der Waals surface area contributed by atoms with Crippen molar-refractivity contribution in [3.63, 3.8) is 0 Å². The molecule has 0 saturated heterocycles. The van der Waals surface area contributed by atoms with E-state index >= 15 is 0 Å². The average Bonchev–Trinajstić information content (AvgIpc) is 3.31. The molecule has 1 amide bonds. The summed E-state index contributed by atoms with van der Waals surface area (Å²) in [5.41, 5.74) is -1.52. The zero-order chi connectivity index (χ0) is 20.1. The van der Waals surface area contributed by atoms with Gasteiger partial charge in [0.1, 0.15) is 11.8 Å². The number of anilines is 1. The van der Waals surface area contributed by atoms with E-state index in [1.165, 1.54) is 14.2 Å². The zero-order valence-corrected chi connectivity index (χ0v) is 15.9. The molecule has 1 aromatic carbocycles. The Bertz CT molecular complexity index is 781. The van der Waals surface area contributed by atoms with E-state index in [4.69, 9.17) is 14.2 Å². The summed E-state index contributed by atoms with van der Waals surface area (Å²) in [6, 6.07) is 6.78. The predicted molar refractivity (Wildman–Crippen MR) is 93.9 cm³/mol. The van der Waals surface area contributed by atoms with Crippen LogP contribution in [0.2, 0.25) is 0 Å². The second-order valence-electron chi connectivity index (χ2n) is 7.68. The molecule has 1 aromatic rings. The van der Waals surface area contributed by atoms with Gasteiger partial charge in [0.05, 0.1) is 19.9 Å².